The van der Waals surface area contributed by atoms with Gasteiger partial charge in [-0.3, -0.25) is 4.79 Å². The number of allylic oxidation sites excluding steroid dienone is 1. The van der Waals surface area contributed by atoms with Gasteiger partial charge in [-0.25, -0.2) is 0 Å². The van der Waals surface area contributed by atoms with Crippen LogP contribution in [-0.2, 0) is 4.79 Å². The summed E-state index contributed by atoms with van der Waals surface area (Å²) in [6.07, 6.45) is 3.38. The Kier molecular flexibility index (Phi) is 2.80. The summed E-state index contributed by atoms with van der Waals surface area (Å²) in [5.41, 5.74) is 6.47. The molecule has 0 heterocycles. The summed E-state index contributed by atoms with van der Waals surface area (Å²) in [4.78, 5) is 10.8. The van der Waals surface area contributed by atoms with Crippen LogP contribution in [0.4, 0.5) is 0 Å². The topological polar surface area (TPSA) is 83.6 Å². The summed E-state index contributed by atoms with van der Waals surface area (Å²) in [6.45, 7) is 2.40. The summed E-state index contributed by atoms with van der Waals surface area (Å²) in [5.74, 6) is -0.423. The van der Waals surface area contributed by atoms with Gasteiger partial charge in [-0.1, -0.05) is 13.0 Å². The molecule has 4 N–H and O–H groups in total. The van der Waals surface area contributed by atoms with Gasteiger partial charge in [0.05, 0.1) is 12.5 Å². The Morgan fingerprint density at radius 2 is 2.38 bits per heavy atom. The average molecular weight is 225 g/mol. The van der Waals surface area contributed by atoms with Gasteiger partial charge < -0.3 is 15.9 Å². The van der Waals surface area contributed by atoms with Crippen LogP contribution >= 0.6 is 0 Å². The van der Waals surface area contributed by atoms with E-state index in [1.54, 1.807) is 0 Å². The number of hydrogen-bond donors (Lipinski definition) is 3. The van der Waals surface area contributed by atoms with Crippen molar-refractivity contribution in [3.63, 3.8) is 0 Å². The van der Waals surface area contributed by atoms with Crippen LogP contribution in [0.15, 0.2) is 11.6 Å². The second-order valence-electron chi connectivity index (χ2n) is 5.07. The second kappa shape index (κ2) is 3.86. The summed E-state index contributed by atoms with van der Waals surface area (Å²) in [6, 6.07) is 0. The summed E-state index contributed by atoms with van der Waals surface area (Å²) >= 11 is 0. The first kappa shape index (κ1) is 11.6. The number of hydrogen-bond acceptors (Lipinski definition) is 3. The smallest absolute Gasteiger partial charge is 0.303 e. The van der Waals surface area contributed by atoms with Gasteiger partial charge in [0.25, 0.3) is 0 Å². The Morgan fingerprint density at radius 3 is 2.88 bits per heavy atom. The molecule has 2 rings (SSSR count). The highest BCUT2D eigenvalue weighted by Crippen LogP contribution is 2.59. The Morgan fingerprint density at radius 1 is 1.69 bits per heavy atom. The minimum absolute atomic E-state index is 0.116. The molecule has 4 atom stereocenters. The molecule has 1 fully saturated rings. The Balaban J connectivity index is 2.17. The van der Waals surface area contributed by atoms with Gasteiger partial charge in [-0.2, -0.15) is 0 Å². The highest BCUT2D eigenvalue weighted by molar-refractivity contribution is 5.68. The number of carboxylic acids is 1. The monoisotopic (exact) mass is 225 g/mol. The van der Waals surface area contributed by atoms with E-state index in [1.165, 1.54) is 0 Å². The quantitative estimate of drug-likeness (QED) is 0.617. The molecule has 1 unspecified atom stereocenters. The van der Waals surface area contributed by atoms with Gasteiger partial charge in [0.1, 0.15) is 0 Å². The van der Waals surface area contributed by atoms with Gasteiger partial charge in [0, 0.05) is 5.41 Å². The van der Waals surface area contributed by atoms with Crippen molar-refractivity contribution in [1.82, 2.24) is 0 Å². The van der Waals surface area contributed by atoms with E-state index in [0.29, 0.717) is 6.54 Å². The van der Waals surface area contributed by atoms with Gasteiger partial charge in [-0.15, -0.1) is 0 Å². The summed E-state index contributed by atoms with van der Waals surface area (Å²) < 4.78 is 0. The number of aliphatic hydroxyl groups excluding tert-OH is 1. The van der Waals surface area contributed by atoms with Gasteiger partial charge in [-0.05, 0) is 36.8 Å². The lowest BCUT2D eigenvalue weighted by molar-refractivity contribution is -0.146. The highest BCUT2D eigenvalue weighted by atomic mass is 16.4. The first-order chi connectivity index (χ1) is 7.54. The molecular weight excluding hydrogens is 206 g/mol. The van der Waals surface area contributed by atoms with Gasteiger partial charge >= 0.3 is 5.97 Å². The maximum Gasteiger partial charge on any atom is 0.303 e. The van der Waals surface area contributed by atoms with Crippen LogP contribution in [-0.4, -0.2) is 28.8 Å². The van der Waals surface area contributed by atoms with Crippen molar-refractivity contribution in [2.24, 2.45) is 23.0 Å². The highest BCUT2D eigenvalue weighted by Gasteiger charge is 2.58. The Bertz CT molecular complexity index is 339. The third-order valence-corrected chi connectivity index (χ3v) is 4.31. The lowest BCUT2D eigenvalue weighted by Gasteiger charge is -2.52. The number of carboxylic acid groups (broad SMARTS) is 1. The normalized spacial score (nSPS) is 41.2. The zero-order valence-electron chi connectivity index (χ0n) is 9.52. The molecule has 0 aliphatic heterocycles. The van der Waals surface area contributed by atoms with Crippen molar-refractivity contribution >= 4 is 5.97 Å². The molecule has 4 heteroatoms. The van der Waals surface area contributed by atoms with Gasteiger partial charge in [0.2, 0.25) is 0 Å². The fraction of sp³-hybridized carbons (Fsp3) is 0.750. The van der Waals surface area contributed by atoms with Crippen molar-refractivity contribution in [3.8, 4) is 0 Å². The second-order valence-corrected chi connectivity index (χ2v) is 5.07. The molecule has 2 aliphatic carbocycles. The van der Waals surface area contributed by atoms with E-state index in [4.69, 9.17) is 10.8 Å². The van der Waals surface area contributed by atoms with Crippen LogP contribution in [0.3, 0.4) is 0 Å². The van der Waals surface area contributed by atoms with Crippen molar-refractivity contribution in [2.75, 3.05) is 6.54 Å². The standard InChI is InChI=1S/C12H19NO3/c1-2-7-3-9-8(11(7)16)4-12(9,6-13)5-10(14)15/h3,8-9,11,16H,2,4-6,13H2,1H3,(H,14,15)/t8-,9-,11?,12-/m1/s1. The third-order valence-electron chi connectivity index (χ3n) is 4.31. The number of fused-ring (bicyclic) bond motifs is 1. The molecule has 4 nitrogen and oxygen atoms in total. The fourth-order valence-corrected chi connectivity index (χ4v) is 3.35. The minimum atomic E-state index is -0.795. The number of nitrogens with two attached hydrogens (primary N) is 1. The van der Waals surface area contributed by atoms with Gasteiger partial charge in [0.15, 0.2) is 0 Å². The molecular formula is C12H19NO3. The van der Waals surface area contributed by atoms with E-state index < -0.39 is 5.97 Å². The first-order valence-corrected chi connectivity index (χ1v) is 5.84. The zero-order valence-corrected chi connectivity index (χ0v) is 9.52. The summed E-state index contributed by atoms with van der Waals surface area (Å²) in [5, 5.41) is 18.9. The molecule has 0 aromatic carbocycles. The molecule has 0 aromatic heterocycles. The lowest BCUT2D eigenvalue weighted by Crippen LogP contribution is -2.53. The number of rotatable bonds is 4. The van der Waals surface area contributed by atoms with Crippen LogP contribution in [0, 0.1) is 17.3 Å². The largest absolute Gasteiger partial charge is 0.481 e. The number of aliphatic hydroxyl groups is 1. The molecule has 90 valence electrons. The molecule has 0 bridgehead atoms. The van der Waals surface area contributed by atoms with Crippen molar-refractivity contribution in [3.05, 3.63) is 11.6 Å². The minimum Gasteiger partial charge on any atom is -0.481 e. The third kappa shape index (κ3) is 1.48. The molecule has 16 heavy (non-hydrogen) atoms. The van der Waals surface area contributed by atoms with Crippen LogP contribution in [0.2, 0.25) is 0 Å². The van der Waals surface area contributed by atoms with E-state index in [-0.39, 0.29) is 29.8 Å². The zero-order chi connectivity index (χ0) is 11.9. The SMILES string of the molecule is CCC1=C[C@@H]2[C@@H](C[C@]2(CN)CC(=O)O)C1O. The Labute approximate surface area is 95.1 Å². The van der Waals surface area contributed by atoms with E-state index in [0.717, 1.165) is 18.4 Å². The molecule has 0 aromatic rings. The lowest BCUT2D eigenvalue weighted by atomic mass is 9.53. The number of carbonyl (C=O) groups is 1. The molecule has 0 saturated heterocycles. The molecule has 2 aliphatic rings. The van der Waals surface area contributed by atoms with Crippen LogP contribution in [0.5, 0.6) is 0 Å². The van der Waals surface area contributed by atoms with E-state index >= 15 is 0 Å². The Hall–Kier alpha value is -0.870. The van der Waals surface area contributed by atoms with E-state index in [1.807, 2.05) is 6.92 Å². The fourth-order valence-electron chi connectivity index (χ4n) is 3.35. The molecule has 0 spiro atoms. The first-order valence-electron chi connectivity index (χ1n) is 5.84. The number of aliphatic carboxylic acids is 1. The maximum atomic E-state index is 10.8. The van der Waals surface area contributed by atoms with Crippen molar-refractivity contribution < 1.29 is 15.0 Å². The van der Waals surface area contributed by atoms with Crippen LogP contribution in [0.25, 0.3) is 0 Å². The van der Waals surface area contributed by atoms with E-state index in [2.05, 4.69) is 6.08 Å². The average Bonchev–Trinajstić information content (AvgIpc) is 2.48. The molecule has 0 amide bonds. The summed E-state index contributed by atoms with van der Waals surface area (Å²) in [7, 11) is 0. The van der Waals surface area contributed by atoms with Crippen LogP contribution < -0.4 is 5.73 Å². The molecule has 1 saturated carbocycles. The van der Waals surface area contributed by atoms with Crippen molar-refractivity contribution in [2.45, 2.75) is 32.3 Å². The predicted octanol–water partition coefficient (Wildman–Crippen LogP) is 0.753. The van der Waals surface area contributed by atoms with Crippen molar-refractivity contribution in [1.29, 1.82) is 0 Å². The predicted molar refractivity (Wildman–Crippen MR) is 59.7 cm³/mol. The van der Waals surface area contributed by atoms with E-state index in [9.17, 15) is 9.90 Å². The maximum absolute atomic E-state index is 10.8. The molecule has 0 radical (unpaired) electrons. The van der Waals surface area contributed by atoms with Crippen LogP contribution in [0.1, 0.15) is 26.2 Å².